The molecule has 3 N–H and O–H groups in total. The van der Waals surface area contributed by atoms with Gasteiger partial charge in [0.05, 0.1) is 11.3 Å². The molecule has 0 aliphatic heterocycles. The molecule has 0 heterocycles. The van der Waals surface area contributed by atoms with Crippen LogP contribution in [0.2, 0.25) is 5.02 Å². The molecule has 1 amide bonds. The average Bonchev–Trinajstić information content (AvgIpc) is 2.49. The maximum Gasteiger partial charge on any atom is 0.338 e. The largest absolute Gasteiger partial charge is 0.452 e. The van der Waals surface area contributed by atoms with Crippen LogP contribution < -0.4 is 11.1 Å². The Hall–Kier alpha value is -2.60. The molecule has 0 aromatic heterocycles. The van der Waals surface area contributed by atoms with E-state index in [0.29, 0.717) is 5.69 Å². The van der Waals surface area contributed by atoms with E-state index in [4.69, 9.17) is 22.1 Å². The lowest BCUT2D eigenvalue weighted by Crippen LogP contribution is -2.21. The van der Waals surface area contributed by atoms with Gasteiger partial charge >= 0.3 is 5.97 Å². The lowest BCUT2D eigenvalue weighted by molar-refractivity contribution is -0.119. The molecule has 22 heavy (non-hydrogen) atoms. The molecule has 5 nitrogen and oxygen atoms in total. The van der Waals surface area contributed by atoms with Crippen LogP contribution in [0.1, 0.15) is 10.4 Å². The number of carbonyl (C=O) groups is 2. The zero-order chi connectivity index (χ0) is 16.1. The molecule has 114 valence electrons. The number of rotatable bonds is 4. The van der Waals surface area contributed by atoms with Gasteiger partial charge in [-0.05, 0) is 42.5 Å². The highest BCUT2D eigenvalue weighted by atomic mass is 35.5. The highest BCUT2D eigenvalue weighted by Gasteiger charge is 2.12. The van der Waals surface area contributed by atoms with Gasteiger partial charge in [-0.1, -0.05) is 11.6 Å². The van der Waals surface area contributed by atoms with E-state index >= 15 is 0 Å². The van der Waals surface area contributed by atoms with Crippen LogP contribution in [-0.2, 0) is 9.53 Å². The molecule has 0 unspecified atom stereocenters. The zero-order valence-corrected chi connectivity index (χ0v) is 12.1. The maximum absolute atomic E-state index is 13.4. The van der Waals surface area contributed by atoms with E-state index in [1.807, 2.05) is 0 Å². The van der Waals surface area contributed by atoms with Crippen molar-refractivity contribution >= 4 is 34.9 Å². The van der Waals surface area contributed by atoms with Crippen LogP contribution in [0, 0.1) is 5.82 Å². The van der Waals surface area contributed by atoms with Crippen LogP contribution >= 0.6 is 11.6 Å². The number of benzene rings is 2. The zero-order valence-electron chi connectivity index (χ0n) is 11.3. The Kier molecular flexibility index (Phi) is 4.95. The number of halogens is 2. The van der Waals surface area contributed by atoms with Crippen LogP contribution in [-0.4, -0.2) is 18.5 Å². The summed E-state index contributed by atoms with van der Waals surface area (Å²) in [5, 5.41) is 2.55. The highest BCUT2D eigenvalue weighted by Crippen LogP contribution is 2.19. The monoisotopic (exact) mass is 322 g/mol. The summed E-state index contributed by atoms with van der Waals surface area (Å²) in [5.41, 5.74) is 6.18. The van der Waals surface area contributed by atoms with Crippen molar-refractivity contribution in [3.63, 3.8) is 0 Å². The number of amides is 1. The summed E-state index contributed by atoms with van der Waals surface area (Å²) in [6.45, 7) is -0.546. The van der Waals surface area contributed by atoms with E-state index in [2.05, 4.69) is 5.32 Å². The van der Waals surface area contributed by atoms with Gasteiger partial charge in [0.2, 0.25) is 0 Å². The third kappa shape index (κ3) is 4.20. The van der Waals surface area contributed by atoms with Crippen LogP contribution in [0.4, 0.5) is 15.8 Å². The molecule has 0 saturated heterocycles. The van der Waals surface area contributed by atoms with Crippen LogP contribution in [0.25, 0.3) is 0 Å². The number of hydrogen-bond donors (Lipinski definition) is 2. The Morgan fingerprint density at radius 1 is 1.18 bits per heavy atom. The van der Waals surface area contributed by atoms with Gasteiger partial charge in [0.1, 0.15) is 5.82 Å². The number of nitrogens with two attached hydrogens (primary N) is 1. The number of carbonyl (C=O) groups excluding carboxylic acids is 2. The standard InChI is InChI=1S/C15H12ClFN2O3/c16-10-3-6-12(17)13(7-10)19-14(20)8-22-15(21)9-1-4-11(18)5-2-9/h1-7H,8,18H2,(H,19,20). The van der Waals surface area contributed by atoms with Crippen molar-refractivity contribution in [2.24, 2.45) is 0 Å². The third-order valence-electron chi connectivity index (χ3n) is 2.68. The Morgan fingerprint density at radius 3 is 2.55 bits per heavy atom. The molecule has 0 aliphatic carbocycles. The molecule has 0 aliphatic rings. The summed E-state index contributed by atoms with van der Waals surface area (Å²) in [4.78, 5) is 23.3. The average molecular weight is 323 g/mol. The first kappa shape index (κ1) is 15.8. The molecule has 0 atom stereocenters. The fourth-order valence-corrected chi connectivity index (χ4v) is 1.79. The minimum Gasteiger partial charge on any atom is -0.452 e. The van der Waals surface area contributed by atoms with Crippen LogP contribution in [0.15, 0.2) is 42.5 Å². The molecule has 0 radical (unpaired) electrons. The van der Waals surface area contributed by atoms with E-state index in [-0.39, 0.29) is 16.3 Å². The Morgan fingerprint density at radius 2 is 1.86 bits per heavy atom. The maximum atomic E-state index is 13.4. The summed E-state index contributed by atoms with van der Waals surface area (Å²) in [6, 6.07) is 9.77. The normalized spacial score (nSPS) is 10.1. The quantitative estimate of drug-likeness (QED) is 0.670. The number of ether oxygens (including phenoxy) is 1. The second-order valence-corrected chi connectivity index (χ2v) is 4.81. The second kappa shape index (κ2) is 6.91. The highest BCUT2D eigenvalue weighted by molar-refractivity contribution is 6.30. The number of esters is 1. The number of anilines is 2. The predicted molar refractivity (Wildman–Crippen MR) is 81.2 cm³/mol. The molecule has 0 saturated carbocycles. The topological polar surface area (TPSA) is 81.4 Å². The minimum absolute atomic E-state index is 0.0824. The van der Waals surface area contributed by atoms with Crippen LogP contribution in [0.3, 0.4) is 0 Å². The molecular formula is C15H12ClFN2O3. The van der Waals surface area contributed by atoms with Crippen molar-refractivity contribution in [3.05, 3.63) is 58.9 Å². The van der Waals surface area contributed by atoms with Gasteiger partial charge in [0.25, 0.3) is 5.91 Å². The van der Waals surface area contributed by atoms with Gasteiger partial charge in [-0.25, -0.2) is 9.18 Å². The fourth-order valence-electron chi connectivity index (χ4n) is 1.61. The second-order valence-electron chi connectivity index (χ2n) is 4.37. The summed E-state index contributed by atoms with van der Waals surface area (Å²) in [5.74, 6) is -1.99. The molecular weight excluding hydrogens is 311 g/mol. The first-order chi connectivity index (χ1) is 10.5. The van der Waals surface area contributed by atoms with Gasteiger partial charge in [0.15, 0.2) is 6.61 Å². The van der Waals surface area contributed by atoms with Gasteiger partial charge in [0, 0.05) is 10.7 Å². The summed E-state index contributed by atoms with van der Waals surface area (Å²) in [6.07, 6.45) is 0. The van der Waals surface area contributed by atoms with E-state index in [9.17, 15) is 14.0 Å². The fraction of sp³-hybridized carbons (Fsp3) is 0.0667. The van der Waals surface area contributed by atoms with Crippen molar-refractivity contribution in [1.82, 2.24) is 0 Å². The van der Waals surface area contributed by atoms with Crippen molar-refractivity contribution in [2.75, 3.05) is 17.7 Å². The third-order valence-corrected chi connectivity index (χ3v) is 2.92. The van der Waals surface area contributed by atoms with E-state index in [0.717, 1.165) is 6.07 Å². The van der Waals surface area contributed by atoms with Gasteiger partial charge in [-0.15, -0.1) is 0 Å². The van der Waals surface area contributed by atoms with Crippen LogP contribution in [0.5, 0.6) is 0 Å². The number of nitrogens with one attached hydrogen (secondary N) is 1. The van der Waals surface area contributed by atoms with E-state index in [1.165, 1.54) is 36.4 Å². The smallest absolute Gasteiger partial charge is 0.338 e. The summed E-state index contributed by atoms with van der Waals surface area (Å²) >= 11 is 5.71. The first-order valence-electron chi connectivity index (χ1n) is 6.23. The predicted octanol–water partition coefficient (Wildman–Crippen LogP) is 2.86. The first-order valence-corrected chi connectivity index (χ1v) is 6.61. The molecule has 2 aromatic rings. The lowest BCUT2D eigenvalue weighted by Gasteiger charge is -2.08. The number of nitrogen functional groups attached to an aromatic ring is 1. The van der Waals surface area contributed by atoms with E-state index < -0.39 is 24.3 Å². The van der Waals surface area contributed by atoms with Crippen molar-refractivity contribution in [1.29, 1.82) is 0 Å². The summed E-state index contributed by atoms with van der Waals surface area (Å²) < 4.78 is 18.3. The molecule has 0 bridgehead atoms. The molecule has 2 rings (SSSR count). The van der Waals surface area contributed by atoms with Gasteiger partial charge < -0.3 is 15.8 Å². The SMILES string of the molecule is Nc1ccc(C(=O)OCC(=O)Nc2cc(Cl)ccc2F)cc1. The Balaban J connectivity index is 1.91. The Bertz CT molecular complexity index is 704. The number of hydrogen-bond acceptors (Lipinski definition) is 4. The van der Waals surface area contributed by atoms with Crippen molar-refractivity contribution < 1.29 is 18.7 Å². The summed E-state index contributed by atoms with van der Waals surface area (Å²) in [7, 11) is 0. The van der Waals surface area contributed by atoms with Gasteiger partial charge in [-0.2, -0.15) is 0 Å². The molecule has 7 heteroatoms. The Labute approximate surface area is 130 Å². The van der Waals surface area contributed by atoms with Crippen molar-refractivity contribution in [2.45, 2.75) is 0 Å². The van der Waals surface area contributed by atoms with Gasteiger partial charge in [-0.3, -0.25) is 4.79 Å². The molecule has 0 spiro atoms. The minimum atomic E-state index is -0.679. The lowest BCUT2D eigenvalue weighted by atomic mass is 10.2. The van der Waals surface area contributed by atoms with E-state index in [1.54, 1.807) is 0 Å². The molecule has 2 aromatic carbocycles. The van der Waals surface area contributed by atoms with Crippen molar-refractivity contribution in [3.8, 4) is 0 Å². The molecule has 0 fully saturated rings.